The average Bonchev–Trinajstić information content (AvgIpc) is 2.15. The van der Waals surface area contributed by atoms with E-state index in [1.54, 1.807) is 6.07 Å². The van der Waals surface area contributed by atoms with Crippen molar-refractivity contribution in [3.8, 4) is 0 Å². The summed E-state index contributed by atoms with van der Waals surface area (Å²) in [5.41, 5.74) is 0. The molecular formula is C11H12O2S. The molecule has 0 aromatic heterocycles. The summed E-state index contributed by atoms with van der Waals surface area (Å²) in [6.45, 7) is 0. The standard InChI is InChI=1S/C11H12O2S/c1-14(12,13)11-8-4-6-9-5-2-3-7-10(9)11/h2-8,12-13H,1H3. The number of fused-ring (bicyclic) bond motifs is 1. The van der Waals surface area contributed by atoms with E-state index in [-0.39, 0.29) is 0 Å². The van der Waals surface area contributed by atoms with Crippen molar-refractivity contribution in [1.29, 1.82) is 0 Å². The van der Waals surface area contributed by atoms with Gasteiger partial charge in [0.05, 0.1) is 4.90 Å². The fourth-order valence-electron chi connectivity index (χ4n) is 1.53. The van der Waals surface area contributed by atoms with Gasteiger partial charge in [0.2, 0.25) is 0 Å². The van der Waals surface area contributed by atoms with Crippen molar-refractivity contribution in [1.82, 2.24) is 0 Å². The first-order valence-electron chi connectivity index (χ1n) is 4.30. The van der Waals surface area contributed by atoms with Gasteiger partial charge in [-0.3, -0.25) is 9.11 Å². The first-order chi connectivity index (χ1) is 6.59. The Kier molecular flexibility index (Phi) is 2.23. The maximum absolute atomic E-state index is 9.63. The third-order valence-electron chi connectivity index (χ3n) is 2.17. The summed E-state index contributed by atoms with van der Waals surface area (Å²) in [7, 11) is -2.63. The molecule has 0 aliphatic rings. The average molecular weight is 208 g/mol. The number of benzene rings is 2. The predicted octanol–water partition coefficient (Wildman–Crippen LogP) is 3.58. The third-order valence-corrected chi connectivity index (χ3v) is 3.36. The van der Waals surface area contributed by atoms with Gasteiger partial charge in [0.25, 0.3) is 0 Å². The largest absolute Gasteiger partial charge is 0.295 e. The van der Waals surface area contributed by atoms with Crippen molar-refractivity contribution in [3.63, 3.8) is 0 Å². The van der Waals surface area contributed by atoms with Crippen LogP contribution in [0.2, 0.25) is 0 Å². The highest BCUT2D eigenvalue weighted by molar-refractivity contribution is 8.23. The van der Waals surface area contributed by atoms with E-state index < -0.39 is 10.6 Å². The Morgan fingerprint density at radius 1 is 0.929 bits per heavy atom. The number of hydrogen-bond acceptors (Lipinski definition) is 2. The lowest BCUT2D eigenvalue weighted by Gasteiger charge is -2.28. The highest BCUT2D eigenvalue weighted by Crippen LogP contribution is 2.47. The van der Waals surface area contributed by atoms with Crippen LogP contribution in [0.3, 0.4) is 0 Å². The van der Waals surface area contributed by atoms with Crippen molar-refractivity contribution < 1.29 is 9.11 Å². The topological polar surface area (TPSA) is 40.5 Å². The molecule has 0 heterocycles. The van der Waals surface area contributed by atoms with Crippen LogP contribution in [0.5, 0.6) is 0 Å². The Balaban J connectivity index is 2.78. The van der Waals surface area contributed by atoms with Crippen LogP contribution in [0.1, 0.15) is 0 Å². The summed E-state index contributed by atoms with van der Waals surface area (Å²) in [6, 6.07) is 13.3. The summed E-state index contributed by atoms with van der Waals surface area (Å²) in [5, 5.41) is 1.95. The lowest BCUT2D eigenvalue weighted by atomic mass is 10.1. The summed E-state index contributed by atoms with van der Waals surface area (Å²) in [6.07, 6.45) is 1.45. The quantitative estimate of drug-likeness (QED) is 0.752. The van der Waals surface area contributed by atoms with Crippen LogP contribution in [0, 0.1) is 0 Å². The maximum atomic E-state index is 9.63. The fraction of sp³-hybridized carbons (Fsp3) is 0.0909. The predicted molar refractivity (Wildman–Crippen MR) is 61.0 cm³/mol. The van der Waals surface area contributed by atoms with Gasteiger partial charge in [-0.2, -0.15) is 10.6 Å². The van der Waals surface area contributed by atoms with E-state index in [4.69, 9.17) is 0 Å². The zero-order valence-corrected chi connectivity index (χ0v) is 8.66. The SMILES string of the molecule is CS(O)(O)c1cccc2ccccc12. The highest BCUT2D eigenvalue weighted by atomic mass is 32.3. The molecule has 2 rings (SSSR count). The molecule has 0 aliphatic heterocycles. The van der Waals surface area contributed by atoms with Gasteiger partial charge >= 0.3 is 0 Å². The van der Waals surface area contributed by atoms with E-state index in [9.17, 15) is 9.11 Å². The number of rotatable bonds is 1. The molecule has 0 unspecified atom stereocenters. The molecule has 2 aromatic carbocycles. The molecule has 2 N–H and O–H groups in total. The van der Waals surface area contributed by atoms with Crippen LogP contribution in [0.4, 0.5) is 0 Å². The molecule has 0 atom stereocenters. The van der Waals surface area contributed by atoms with Crippen LogP contribution in [0.25, 0.3) is 10.8 Å². The fourth-order valence-corrected chi connectivity index (χ4v) is 2.47. The maximum Gasteiger partial charge on any atom is 0.0659 e. The molecule has 3 heteroatoms. The van der Waals surface area contributed by atoms with E-state index >= 15 is 0 Å². The minimum absolute atomic E-state index is 0.621. The van der Waals surface area contributed by atoms with E-state index in [0.29, 0.717) is 4.90 Å². The van der Waals surface area contributed by atoms with Crippen molar-refractivity contribution >= 4 is 21.4 Å². The van der Waals surface area contributed by atoms with E-state index in [1.807, 2.05) is 36.4 Å². The van der Waals surface area contributed by atoms with Gasteiger partial charge < -0.3 is 0 Å². The number of hydrogen-bond donors (Lipinski definition) is 2. The van der Waals surface area contributed by atoms with Crippen LogP contribution in [0.15, 0.2) is 47.4 Å². The summed E-state index contributed by atoms with van der Waals surface area (Å²) < 4.78 is 19.3. The van der Waals surface area contributed by atoms with Crippen LogP contribution in [-0.2, 0) is 0 Å². The zero-order valence-electron chi connectivity index (χ0n) is 7.84. The van der Waals surface area contributed by atoms with Gasteiger partial charge in [0.1, 0.15) is 0 Å². The zero-order chi connectivity index (χ0) is 10.2. The second kappa shape index (κ2) is 3.28. The van der Waals surface area contributed by atoms with Crippen molar-refractivity contribution in [2.45, 2.75) is 4.90 Å². The summed E-state index contributed by atoms with van der Waals surface area (Å²) in [5.74, 6) is 0. The highest BCUT2D eigenvalue weighted by Gasteiger charge is 2.11. The molecule has 0 saturated carbocycles. The molecule has 0 saturated heterocycles. The molecule has 0 aliphatic carbocycles. The first-order valence-corrected chi connectivity index (χ1v) is 6.25. The third kappa shape index (κ3) is 1.62. The van der Waals surface area contributed by atoms with E-state index in [0.717, 1.165) is 10.8 Å². The van der Waals surface area contributed by atoms with Crippen LogP contribution >= 0.6 is 10.6 Å². The molecule has 0 radical (unpaired) electrons. The van der Waals surface area contributed by atoms with Crippen LogP contribution in [-0.4, -0.2) is 15.4 Å². The Bertz CT molecular complexity index is 455. The van der Waals surface area contributed by atoms with Crippen molar-refractivity contribution in [2.24, 2.45) is 0 Å². The van der Waals surface area contributed by atoms with E-state index in [2.05, 4.69) is 0 Å². The first kappa shape index (κ1) is 9.52. The summed E-state index contributed by atoms with van der Waals surface area (Å²) >= 11 is 0. The van der Waals surface area contributed by atoms with Gasteiger partial charge in [0, 0.05) is 11.6 Å². The van der Waals surface area contributed by atoms with Gasteiger partial charge in [0.15, 0.2) is 0 Å². The van der Waals surface area contributed by atoms with Crippen molar-refractivity contribution in [3.05, 3.63) is 42.5 Å². The monoisotopic (exact) mass is 208 g/mol. The van der Waals surface area contributed by atoms with Crippen molar-refractivity contribution in [2.75, 3.05) is 6.26 Å². The van der Waals surface area contributed by atoms with Crippen LogP contribution < -0.4 is 0 Å². The molecule has 0 fully saturated rings. The Hall–Kier alpha value is -1.03. The van der Waals surface area contributed by atoms with Gasteiger partial charge in [-0.15, -0.1) is 0 Å². The van der Waals surface area contributed by atoms with E-state index in [1.165, 1.54) is 6.26 Å². The Labute approximate surface area is 84.5 Å². The van der Waals surface area contributed by atoms with Gasteiger partial charge in [-0.1, -0.05) is 36.4 Å². The Morgan fingerprint density at radius 2 is 1.57 bits per heavy atom. The second-order valence-electron chi connectivity index (χ2n) is 3.31. The summed E-state index contributed by atoms with van der Waals surface area (Å²) in [4.78, 5) is 0.621. The second-order valence-corrected chi connectivity index (χ2v) is 5.42. The molecule has 0 spiro atoms. The molecule has 0 bridgehead atoms. The molecule has 2 aromatic rings. The van der Waals surface area contributed by atoms with Gasteiger partial charge in [-0.25, -0.2) is 0 Å². The minimum atomic E-state index is -2.63. The molecular weight excluding hydrogens is 196 g/mol. The smallest absolute Gasteiger partial charge is 0.0659 e. The molecule has 0 amide bonds. The molecule has 2 nitrogen and oxygen atoms in total. The lowest BCUT2D eigenvalue weighted by Crippen LogP contribution is -1.95. The molecule has 14 heavy (non-hydrogen) atoms. The molecule has 74 valence electrons. The lowest BCUT2D eigenvalue weighted by molar-refractivity contribution is 0.496. The minimum Gasteiger partial charge on any atom is -0.295 e. The normalized spacial score (nSPS) is 13.1. The Morgan fingerprint density at radius 3 is 2.29 bits per heavy atom. The van der Waals surface area contributed by atoms with Gasteiger partial charge in [-0.05, 0) is 11.5 Å².